The SMILES string of the molecule is COC1(c2ccccc2CCO)CC1. The van der Waals surface area contributed by atoms with Crippen molar-refractivity contribution in [2.45, 2.75) is 24.9 Å². The second-order valence-corrected chi connectivity index (χ2v) is 3.83. The first kappa shape index (κ1) is 9.69. The fourth-order valence-electron chi connectivity index (χ4n) is 2.00. The maximum atomic E-state index is 8.96. The van der Waals surface area contributed by atoms with Crippen LogP contribution >= 0.6 is 0 Å². The molecule has 0 aliphatic heterocycles. The van der Waals surface area contributed by atoms with Gasteiger partial charge in [0.15, 0.2) is 0 Å². The molecule has 1 aromatic carbocycles. The third-order valence-electron chi connectivity index (χ3n) is 2.98. The monoisotopic (exact) mass is 192 g/mol. The van der Waals surface area contributed by atoms with E-state index in [9.17, 15) is 0 Å². The van der Waals surface area contributed by atoms with Crippen molar-refractivity contribution < 1.29 is 9.84 Å². The zero-order chi connectivity index (χ0) is 10.0. The Labute approximate surface area is 84.5 Å². The average molecular weight is 192 g/mol. The van der Waals surface area contributed by atoms with Gasteiger partial charge in [0, 0.05) is 13.7 Å². The van der Waals surface area contributed by atoms with Gasteiger partial charge in [-0.2, -0.15) is 0 Å². The molecule has 2 heteroatoms. The number of methoxy groups -OCH3 is 1. The number of hydrogen-bond donors (Lipinski definition) is 1. The van der Waals surface area contributed by atoms with Crippen molar-refractivity contribution in [3.8, 4) is 0 Å². The van der Waals surface area contributed by atoms with Crippen molar-refractivity contribution in [2.24, 2.45) is 0 Å². The van der Waals surface area contributed by atoms with E-state index in [-0.39, 0.29) is 12.2 Å². The summed E-state index contributed by atoms with van der Waals surface area (Å²) in [5.41, 5.74) is 2.44. The van der Waals surface area contributed by atoms with Gasteiger partial charge in [-0.05, 0) is 30.4 Å². The van der Waals surface area contributed by atoms with Crippen LogP contribution in [0.2, 0.25) is 0 Å². The molecule has 0 aromatic heterocycles. The Kier molecular flexibility index (Phi) is 2.57. The number of aliphatic hydroxyl groups is 1. The molecule has 76 valence electrons. The summed E-state index contributed by atoms with van der Waals surface area (Å²) in [6.07, 6.45) is 2.93. The van der Waals surface area contributed by atoms with Gasteiger partial charge in [0.25, 0.3) is 0 Å². The molecule has 1 fully saturated rings. The van der Waals surface area contributed by atoms with Crippen molar-refractivity contribution in [1.82, 2.24) is 0 Å². The van der Waals surface area contributed by atoms with Crippen molar-refractivity contribution in [1.29, 1.82) is 0 Å². The second-order valence-electron chi connectivity index (χ2n) is 3.83. The summed E-state index contributed by atoms with van der Waals surface area (Å²) in [5.74, 6) is 0. The molecule has 0 heterocycles. The fourth-order valence-corrected chi connectivity index (χ4v) is 2.00. The summed E-state index contributed by atoms with van der Waals surface area (Å²) in [7, 11) is 1.77. The predicted octanol–water partition coefficient (Wildman–Crippen LogP) is 1.86. The van der Waals surface area contributed by atoms with Gasteiger partial charge in [-0.3, -0.25) is 0 Å². The number of rotatable bonds is 4. The summed E-state index contributed by atoms with van der Waals surface area (Å²) in [6, 6.07) is 8.24. The summed E-state index contributed by atoms with van der Waals surface area (Å²) >= 11 is 0. The van der Waals surface area contributed by atoms with Crippen molar-refractivity contribution in [2.75, 3.05) is 13.7 Å². The van der Waals surface area contributed by atoms with Gasteiger partial charge in [-0.25, -0.2) is 0 Å². The molecule has 0 atom stereocenters. The molecule has 1 aliphatic carbocycles. The van der Waals surface area contributed by atoms with Crippen LogP contribution in [0.1, 0.15) is 24.0 Å². The largest absolute Gasteiger partial charge is 0.396 e. The van der Waals surface area contributed by atoms with Crippen LogP contribution in [0, 0.1) is 0 Å². The second kappa shape index (κ2) is 3.71. The summed E-state index contributed by atoms with van der Waals surface area (Å²) in [5, 5.41) is 8.96. The lowest BCUT2D eigenvalue weighted by Gasteiger charge is -2.17. The highest BCUT2D eigenvalue weighted by Crippen LogP contribution is 2.49. The van der Waals surface area contributed by atoms with Crippen molar-refractivity contribution in [3.05, 3.63) is 35.4 Å². The van der Waals surface area contributed by atoms with E-state index in [0.717, 1.165) is 19.3 Å². The zero-order valence-corrected chi connectivity index (χ0v) is 8.49. The topological polar surface area (TPSA) is 29.5 Å². The van der Waals surface area contributed by atoms with Crippen LogP contribution in [0.15, 0.2) is 24.3 Å². The van der Waals surface area contributed by atoms with Gasteiger partial charge in [0.05, 0.1) is 5.60 Å². The van der Waals surface area contributed by atoms with Crippen LogP contribution in [0.5, 0.6) is 0 Å². The molecule has 2 rings (SSSR count). The van der Waals surface area contributed by atoms with Gasteiger partial charge >= 0.3 is 0 Å². The fraction of sp³-hybridized carbons (Fsp3) is 0.500. The van der Waals surface area contributed by atoms with E-state index in [1.54, 1.807) is 7.11 Å². The van der Waals surface area contributed by atoms with E-state index < -0.39 is 0 Å². The van der Waals surface area contributed by atoms with Crippen LogP contribution < -0.4 is 0 Å². The third-order valence-corrected chi connectivity index (χ3v) is 2.98. The van der Waals surface area contributed by atoms with Crippen molar-refractivity contribution in [3.63, 3.8) is 0 Å². The zero-order valence-electron chi connectivity index (χ0n) is 8.49. The Balaban J connectivity index is 2.32. The van der Waals surface area contributed by atoms with Gasteiger partial charge in [0.2, 0.25) is 0 Å². The lowest BCUT2D eigenvalue weighted by molar-refractivity contribution is 0.0779. The minimum Gasteiger partial charge on any atom is -0.396 e. The van der Waals surface area contributed by atoms with Crippen LogP contribution in [0.25, 0.3) is 0 Å². The number of aliphatic hydroxyl groups excluding tert-OH is 1. The quantitative estimate of drug-likeness (QED) is 0.789. The van der Waals surface area contributed by atoms with Gasteiger partial charge in [0.1, 0.15) is 0 Å². The van der Waals surface area contributed by atoms with E-state index in [1.165, 1.54) is 11.1 Å². The van der Waals surface area contributed by atoms with Gasteiger partial charge < -0.3 is 9.84 Å². The Morgan fingerprint density at radius 1 is 1.36 bits per heavy atom. The average Bonchev–Trinajstić information content (AvgIpc) is 3.00. The lowest BCUT2D eigenvalue weighted by Crippen LogP contribution is -2.12. The van der Waals surface area contributed by atoms with Crippen LogP contribution in [0.4, 0.5) is 0 Å². The highest BCUT2D eigenvalue weighted by Gasteiger charge is 2.45. The normalized spacial score (nSPS) is 18.1. The minimum absolute atomic E-state index is 0.0359. The van der Waals surface area contributed by atoms with E-state index in [0.29, 0.717) is 0 Å². The molecular weight excluding hydrogens is 176 g/mol. The minimum atomic E-state index is -0.0359. The number of benzene rings is 1. The molecule has 14 heavy (non-hydrogen) atoms. The molecule has 0 saturated heterocycles. The predicted molar refractivity (Wildman–Crippen MR) is 55.2 cm³/mol. The summed E-state index contributed by atoms with van der Waals surface area (Å²) < 4.78 is 5.54. The maximum absolute atomic E-state index is 8.96. The first-order valence-electron chi connectivity index (χ1n) is 5.07. The third kappa shape index (κ3) is 1.56. The Hall–Kier alpha value is -0.860. The van der Waals surface area contributed by atoms with E-state index in [2.05, 4.69) is 12.1 Å². The first-order chi connectivity index (χ1) is 6.82. The lowest BCUT2D eigenvalue weighted by atomic mass is 9.98. The molecule has 1 aliphatic rings. The number of hydrogen-bond acceptors (Lipinski definition) is 2. The summed E-state index contributed by atoms with van der Waals surface area (Å²) in [4.78, 5) is 0. The van der Waals surface area contributed by atoms with E-state index in [1.807, 2.05) is 12.1 Å². The summed E-state index contributed by atoms with van der Waals surface area (Å²) in [6.45, 7) is 0.205. The Morgan fingerprint density at radius 3 is 2.64 bits per heavy atom. The highest BCUT2D eigenvalue weighted by atomic mass is 16.5. The first-order valence-corrected chi connectivity index (χ1v) is 5.07. The van der Waals surface area contributed by atoms with Crippen LogP contribution in [-0.2, 0) is 16.8 Å². The molecule has 2 nitrogen and oxygen atoms in total. The Bertz CT molecular complexity index is 316. The maximum Gasteiger partial charge on any atom is 0.0932 e. The van der Waals surface area contributed by atoms with Crippen LogP contribution in [-0.4, -0.2) is 18.8 Å². The van der Waals surface area contributed by atoms with Gasteiger partial charge in [-0.1, -0.05) is 24.3 Å². The Morgan fingerprint density at radius 2 is 2.07 bits per heavy atom. The molecule has 0 spiro atoms. The molecular formula is C12H16O2. The molecule has 0 radical (unpaired) electrons. The molecule has 0 amide bonds. The van der Waals surface area contributed by atoms with Crippen molar-refractivity contribution >= 4 is 0 Å². The highest BCUT2D eigenvalue weighted by molar-refractivity contribution is 5.36. The molecule has 0 unspecified atom stereocenters. The molecule has 1 saturated carbocycles. The number of ether oxygens (including phenoxy) is 1. The van der Waals surface area contributed by atoms with E-state index >= 15 is 0 Å². The van der Waals surface area contributed by atoms with Crippen LogP contribution in [0.3, 0.4) is 0 Å². The van der Waals surface area contributed by atoms with Gasteiger partial charge in [-0.15, -0.1) is 0 Å². The smallest absolute Gasteiger partial charge is 0.0932 e. The molecule has 1 aromatic rings. The standard InChI is InChI=1S/C12H16O2/c1-14-12(7-8-12)11-5-3-2-4-10(11)6-9-13/h2-5,13H,6-9H2,1H3. The molecule has 1 N–H and O–H groups in total. The van der Waals surface area contributed by atoms with E-state index in [4.69, 9.17) is 9.84 Å². The molecule has 0 bridgehead atoms.